The first-order chi connectivity index (χ1) is 8.76. The molecule has 0 aliphatic heterocycles. The lowest BCUT2D eigenvalue weighted by molar-refractivity contribution is 0.282. The van der Waals surface area contributed by atoms with Crippen molar-refractivity contribution in [1.82, 2.24) is 14.8 Å². The molecule has 0 saturated heterocycles. The molecule has 0 aliphatic carbocycles. The summed E-state index contributed by atoms with van der Waals surface area (Å²) in [4.78, 5) is 4.18. The summed E-state index contributed by atoms with van der Waals surface area (Å²) in [7, 11) is 0. The Morgan fingerprint density at radius 1 is 1.39 bits per heavy atom. The van der Waals surface area contributed by atoms with Gasteiger partial charge in [-0.05, 0) is 19.4 Å². The summed E-state index contributed by atoms with van der Waals surface area (Å²) in [5.41, 5.74) is 7.81. The molecule has 2 rings (SSSR count). The second-order valence-corrected chi connectivity index (χ2v) is 4.05. The number of aromatic nitrogens is 3. The molecule has 5 heteroatoms. The summed E-state index contributed by atoms with van der Waals surface area (Å²) >= 11 is 0. The molecule has 0 unspecified atom stereocenters. The lowest BCUT2D eigenvalue weighted by Crippen LogP contribution is -2.09. The van der Waals surface area contributed by atoms with E-state index in [2.05, 4.69) is 10.1 Å². The molecule has 0 spiro atoms. The van der Waals surface area contributed by atoms with Crippen molar-refractivity contribution in [2.24, 2.45) is 5.73 Å². The maximum Gasteiger partial charge on any atom is 0.164 e. The molecule has 2 aromatic rings. The minimum Gasteiger partial charge on any atom is -0.485 e. The van der Waals surface area contributed by atoms with Gasteiger partial charge in [0, 0.05) is 18.7 Å². The van der Waals surface area contributed by atoms with Crippen molar-refractivity contribution < 1.29 is 4.74 Å². The van der Waals surface area contributed by atoms with Gasteiger partial charge in [0.15, 0.2) is 5.82 Å². The van der Waals surface area contributed by atoms with Crippen molar-refractivity contribution in [1.29, 1.82) is 0 Å². The van der Waals surface area contributed by atoms with Crippen LogP contribution in [-0.2, 0) is 19.7 Å². The van der Waals surface area contributed by atoms with Gasteiger partial charge in [0.2, 0.25) is 0 Å². The largest absolute Gasteiger partial charge is 0.485 e. The Morgan fingerprint density at radius 2 is 2.22 bits per heavy atom. The van der Waals surface area contributed by atoms with Gasteiger partial charge in [0.25, 0.3) is 0 Å². The zero-order valence-corrected chi connectivity index (χ0v) is 10.8. The molecule has 0 aliphatic rings. The third kappa shape index (κ3) is 2.51. The van der Waals surface area contributed by atoms with Gasteiger partial charge >= 0.3 is 0 Å². The van der Waals surface area contributed by atoms with Crippen molar-refractivity contribution in [2.75, 3.05) is 0 Å². The van der Waals surface area contributed by atoms with Crippen LogP contribution in [0.3, 0.4) is 0 Å². The van der Waals surface area contributed by atoms with Gasteiger partial charge in [0.05, 0.1) is 0 Å². The van der Waals surface area contributed by atoms with E-state index in [1.54, 1.807) is 6.33 Å². The van der Waals surface area contributed by atoms with Crippen LogP contribution in [0.5, 0.6) is 5.75 Å². The van der Waals surface area contributed by atoms with E-state index in [-0.39, 0.29) is 0 Å². The zero-order valence-electron chi connectivity index (χ0n) is 10.8. The smallest absolute Gasteiger partial charge is 0.164 e. The predicted octanol–water partition coefficient (Wildman–Crippen LogP) is 1.64. The number of hydrogen-bond donors (Lipinski definition) is 1. The SMILES string of the molecule is CCn1ncnc1COc1c(C)cccc1CN. The molecule has 0 amide bonds. The van der Waals surface area contributed by atoms with Crippen LogP contribution in [0.1, 0.15) is 23.9 Å². The average Bonchev–Trinajstić information content (AvgIpc) is 2.84. The van der Waals surface area contributed by atoms with E-state index in [0.29, 0.717) is 13.2 Å². The van der Waals surface area contributed by atoms with Crippen LogP contribution in [0, 0.1) is 6.92 Å². The lowest BCUT2D eigenvalue weighted by Gasteiger charge is -2.13. The standard InChI is InChI=1S/C13H18N4O/c1-3-17-12(15-9-16-17)8-18-13-10(2)5-4-6-11(13)7-14/h4-6,9H,3,7-8,14H2,1-2H3. The van der Waals surface area contributed by atoms with Gasteiger partial charge in [-0.15, -0.1) is 0 Å². The minimum absolute atomic E-state index is 0.408. The summed E-state index contributed by atoms with van der Waals surface area (Å²) in [5, 5.41) is 4.11. The fourth-order valence-corrected chi connectivity index (χ4v) is 1.88. The summed E-state index contributed by atoms with van der Waals surface area (Å²) in [5.74, 6) is 1.68. The topological polar surface area (TPSA) is 66.0 Å². The fraction of sp³-hybridized carbons (Fsp3) is 0.385. The normalized spacial score (nSPS) is 10.6. The van der Waals surface area contributed by atoms with Gasteiger partial charge in [0.1, 0.15) is 18.7 Å². The Hall–Kier alpha value is -1.88. The minimum atomic E-state index is 0.408. The summed E-state index contributed by atoms with van der Waals surface area (Å²) < 4.78 is 7.66. The van der Waals surface area contributed by atoms with Gasteiger partial charge in [-0.3, -0.25) is 0 Å². The number of para-hydroxylation sites is 1. The first-order valence-electron chi connectivity index (χ1n) is 6.04. The lowest BCUT2D eigenvalue weighted by atomic mass is 10.1. The average molecular weight is 246 g/mol. The number of nitrogens with zero attached hydrogens (tertiary/aromatic N) is 3. The second-order valence-electron chi connectivity index (χ2n) is 4.05. The fourth-order valence-electron chi connectivity index (χ4n) is 1.88. The number of nitrogens with two attached hydrogens (primary N) is 1. The zero-order chi connectivity index (χ0) is 13.0. The highest BCUT2D eigenvalue weighted by Crippen LogP contribution is 2.23. The molecular formula is C13H18N4O. The molecule has 0 radical (unpaired) electrons. The molecule has 96 valence electrons. The van der Waals surface area contributed by atoms with Crippen LogP contribution < -0.4 is 10.5 Å². The molecule has 1 aromatic heterocycles. The maximum atomic E-state index is 5.84. The van der Waals surface area contributed by atoms with Gasteiger partial charge in [-0.1, -0.05) is 18.2 Å². The third-order valence-electron chi connectivity index (χ3n) is 2.85. The van der Waals surface area contributed by atoms with Crippen molar-refractivity contribution in [2.45, 2.75) is 33.5 Å². The van der Waals surface area contributed by atoms with E-state index in [9.17, 15) is 0 Å². The Balaban J connectivity index is 2.15. The molecule has 0 bridgehead atoms. The van der Waals surface area contributed by atoms with Gasteiger partial charge < -0.3 is 10.5 Å². The number of hydrogen-bond acceptors (Lipinski definition) is 4. The van der Waals surface area contributed by atoms with Crippen molar-refractivity contribution in [3.8, 4) is 5.75 Å². The Bertz CT molecular complexity index is 521. The van der Waals surface area contributed by atoms with E-state index in [1.165, 1.54) is 0 Å². The maximum absolute atomic E-state index is 5.84. The van der Waals surface area contributed by atoms with Crippen molar-refractivity contribution >= 4 is 0 Å². The van der Waals surface area contributed by atoms with Gasteiger partial charge in [-0.25, -0.2) is 9.67 Å². The molecular weight excluding hydrogens is 228 g/mol. The predicted molar refractivity (Wildman–Crippen MR) is 69.1 cm³/mol. The van der Waals surface area contributed by atoms with Crippen molar-refractivity contribution in [3.05, 3.63) is 41.5 Å². The first kappa shape index (κ1) is 12.6. The van der Waals surface area contributed by atoms with E-state index >= 15 is 0 Å². The molecule has 0 atom stereocenters. The summed E-state index contributed by atoms with van der Waals surface area (Å²) in [6.07, 6.45) is 1.55. The molecule has 0 saturated carbocycles. The highest BCUT2D eigenvalue weighted by Gasteiger charge is 2.08. The van der Waals surface area contributed by atoms with E-state index in [0.717, 1.165) is 29.2 Å². The Kier molecular flexibility index (Phi) is 3.94. The number of aryl methyl sites for hydroxylation is 2. The van der Waals surface area contributed by atoms with Crippen LogP contribution in [0.2, 0.25) is 0 Å². The van der Waals surface area contributed by atoms with Crippen LogP contribution in [-0.4, -0.2) is 14.8 Å². The third-order valence-corrected chi connectivity index (χ3v) is 2.85. The monoisotopic (exact) mass is 246 g/mol. The van der Waals surface area contributed by atoms with Gasteiger partial charge in [-0.2, -0.15) is 5.10 Å². The Morgan fingerprint density at radius 3 is 2.94 bits per heavy atom. The second kappa shape index (κ2) is 5.64. The molecule has 1 heterocycles. The number of rotatable bonds is 5. The molecule has 2 N–H and O–H groups in total. The van der Waals surface area contributed by atoms with E-state index in [4.69, 9.17) is 10.5 Å². The quantitative estimate of drug-likeness (QED) is 0.871. The first-order valence-corrected chi connectivity index (χ1v) is 6.04. The van der Waals surface area contributed by atoms with Crippen molar-refractivity contribution in [3.63, 3.8) is 0 Å². The molecule has 0 fully saturated rings. The molecule has 18 heavy (non-hydrogen) atoms. The highest BCUT2D eigenvalue weighted by atomic mass is 16.5. The number of ether oxygens (including phenoxy) is 1. The summed E-state index contributed by atoms with van der Waals surface area (Å²) in [6, 6.07) is 5.98. The Labute approximate surface area is 107 Å². The molecule has 1 aromatic carbocycles. The van der Waals surface area contributed by atoms with Crippen LogP contribution in [0.15, 0.2) is 24.5 Å². The van der Waals surface area contributed by atoms with Crippen LogP contribution >= 0.6 is 0 Å². The highest BCUT2D eigenvalue weighted by molar-refractivity contribution is 5.40. The summed E-state index contributed by atoms with van der Waals surface area (Å²) in [6.45, 7) is 5.70. The molecule has 5 nitrogen and oxygen atoms in total. The van der Waals surface area contributed by atoms with Crippen LogP contribution in [0.4, 0.5) is 0 Å². The number of benzene rings is 1. The van der Waals surface area contributed by atoms with E-state index in [1.807, 2.05) is 36.7 Å². The van der Waals surface area contributed by atoms with E-state index < -0.39 is 0 Å². The van der Waals surface area contributed by atoms with Crippen LogP contribution in [0.25, 0.3) is 0 Å².